The summed E-state index contributed by atoms with van der Waals surface area (Å²) in [5.74, 6) is 1.17. The summed E-state index contributed by atoms with van der Waals surface area (Å²) in [6.07, 6.45) is 0. The Bertz CT molecular complexity index is 1180. The van der Waals surface area contributed by atoms with Crippen LogP contribution in [0.1, 0.15) is 57.5 Å². The Kier molecular flexibility index (Phi) is 4.45. The number of benzene rings is 3. The van der Waals surface area contributed by atoms with Gasteiger partial charge in [-0.1, -0.05) is 76.6 Å². The number of fused-ring (bicyclic) bond motifs is 3. The maximum absolute atomic E-state index is 5.03. The maximum Gasteiger partial charge on any atom is 0.132 e. The minimum Gasteiger partial charge on any atom is -0.232 e. The molecule has 0 radical (unpaired) electrons. The van der Waals surface area contributed by atoms with E-state index in [1.54, 1.807) is 0 Å². The zero-order chi connectivity index (χ0) is 20.1. The minimum absolute atomic E-state index is 0.0944. The Hall–Kier alpha value is -2.74. The van der Waals surface area contributed by atoms with Crippen molar-refractivity contribution in [3.63, 3.8) is 0 Å². The van der Waals surface area contributed by atoms with E-state index in [0.29, 0.717) is 0 Å². The first-order valence-corrected chi connectivity index (χ1v) is 10.1. The zero-order valence-corrected chi connectivity index (χ0v) is 17.7. The molecule has 0 unspecified atom stereocenters. The van der Waals surface area contributed by atoms with E-state index in [0.717, 1.165) is 22.4 Å². The van der Waals surface area contributed by atoms with Gasteiger partial charge in [-0.25, -0.2) is 9.97 Å². The molecule has 0 spiro atoms. The number of aromatic nitrogens is 2. The van der Waals surface area contributed by atoms with Crippen molar-refractivity contribution in [1.29, 1.82) is 0 Å². The zero-order valence-electron chi connectivity index (χ0n) is 17.7. The smallest absolute Gasteiger partial charge is 0.132 e. The molecule has 0 N–H and O–H groups in total. The summed E-state index contributed by atoms with van der Waals surface area (Å²) in [6, 6.07) is 19.7. The van der Waals surface area contributed by atoms with Gasteiger partial charge in [0.25, 0.3) is 0 Å². The minimum atomic E-state index is 0.0944. The molecule has 2 nitrogen and oxygen atoms in total. The van der Waals surface area contributed by atoms with Crippen LogP contribution in [-0.2, 0) is 5.41 Å². The van der Waals surface area contributed by atoms with E-state index in [9.17, 15) is 0 Å². The fourth-order valence-corrected chi connectivity index (χ4v) is 3.71. The molecule has 4 aromatic rings. The molecular formula is C26H28N2. The van der Waals surface area contributed by atoms with Crippen LogP contribution in [-0.4, -0.2) is 9.97 Å². The summed E-state index contributed by atoms with van der Waals surface area (Å²) < 4.78 is 0. The van der Waals surface area contributed by atoms with Crippen LogP contribution in [0.25, 0.3) is 32.9 Å². The summed E-state index contributed by atoms with van der Waals surface area (Å²) in [4.78, 5) is 10.0. The van der Waals surface area contributed by atoms with Crippen molar-refractivity contribution >= 4 is 21.7 Å². The summed E-state index contributed by atoms with van der Waals surface area (Å²) in [5, 5.41) is 3.52. The van der Waals surface area contributed by atoms with Gasteiger partial charge in [0, 0.05) is 22.3 Å². The highest BCUT2D eigenvalue weighted by atomic mass is 14.9. The second-order valence-electron chi connectivity index (χ2n) is 9.11. The lowest BCUT2D eigenvalue weighted by Gasteiger charge is -2.21. The van der Waals surface area contributed by atoms with Gasteiger partial charge in [-0.05, 0) is 41.5 Å². The van der Waals surface area contributed by atoms with Crippen LogP contribution >= 0.6 is 0 Å². The van der Waals surface area contributed by atoms with Crippen molar-refractivity contribution in [2.75, 3.05) is 0 Å². The molecule has 1 aromatic heterocycles. The number of nitrogens with zero attached hydrogens (tertiary/aromatic N) is 2. The van der Waals surface area contributed by atoms with Crippen molar-refractivity contribution in [2.24, 2.45) is 0 Å². The van der Waals surface area contributed by atoms with Gasteiger partial charge >= 0.3 is 0 Å². The van der Waals surface area contributed by atoms with Crippen LogP contribution in [0, 0.1) is 6.92 Å². The number of hydrogen-bond acceptors (Lipinski definition) is 2. The Balaban J connectivity index is 2.09. The van der Waals surface area contributed by atoms with Gasteiger partial charge in [0.1, 0.15) is 5.82 Å². The molecule has 142 valence electrons. The van der Waals surface area contributed by atoms with Gasteiger partial charge in [0.05, 0.1) is 11.2 Å². The standard InChI is InChI=1S/C26H28N2/c1-16(2)25-27-23(19-13-17(3)14-20(15-19)26(4,5)6)22-12-11-18-9-7-8-10-21(18)24(22)28-25/h7-16H,1-6H3. The van der Waals surface area contributed by atoms with Crippen LogP contribution in [0.4, 0.5) is 0 Å². The molecule has 0 aliphatic heterocycles. The first-order valence-electron chi connectivity index (χ1n) is 10.1. The lowest BCUT2D eigenvalue weighted by Crippen LogP contribution is -2.11. The molecule has 3 aromatic carbocycles. The third kappa shape index (κ3) is 3.28. The molecule has 2 heteroatoms. The van der Waals surface area contributed by atoms with Crippen LogP contribution in [0.15, 0.2) is 54.6 Å². The third-order valence-electron chi connectivity index (χ3n) is 5.34. The summed E-state index contributed by atoms with van der Waals surface area (Å²) in [5.41, 5.74) is 5.95. The molecule has 0 fully saturated rings. The van der Waals surface area contributed by atoms with Gasteiger partial charge in [0.15, 0.2) is 0 Å². The van der Waals surface area contributed by atoms with Crippen molar-refractivity contribution in [3.05, 3.63) is 71.5 Å². The molecule has 0 aliphatic rings. The van der Waals surface area contributed by atoms with E-state index >= 15 is 0 Å². The molecule has 0 aliphatic carbocycles. The van der Waals surface area contributed by atoms with Gasteiger partial charge in [0.2, 0.25) is 0 Å². The number of aryl methyl sites for hydroxylation is 1. The average Bonchev–Trinajstić information content (AvgIpc) is 2.65. The molecule has 0 atom stereocenters. The SMILES string of the molecule is Cc1cc(-c2nc(C(C)C)nc3c2ccc2ccccc23)cc(C(C)(C)C)c1. The molecule has 1 heterocycles. The van der Waals surface area contributed by atoms with Crippen molar-refractivity contribution in [3.8, 4) is 11.3 Å². The maximum atomic E-state index is 5.03. The van der Waals surface area contributed by atoms with Crippen molar-refractivity contribution in [1.82, 2.24) is 9.97 Å². The predicted molar refractivity (Wildman–Crippen MR) is 120 cm³/mol. The fourth-order valence-electron chi connectivity index (χ4n) is 3.71. The molecule has 28 heavy (non-hydrogen) atoms. The lowest BCUT2D eigenvalue weighted by molar-refractivity contribution is 0.590. The summed E-state index contributed by atoms with van der Waals surface area (Å²) >= 11 is 0. The number of hydrogen-bond donors (Lipinski definition) is 0. The quantitative estimate of drug-likeness (QED) is 0.350. The highest BCUT2D eigenvalue weighted by Gasteiger charge is 2.18. The van der Waals surface area contributed by atoms with Gasteiger partial charge in [-0.2, -0.15) is 0 Å². The van der Waals surface area contributed by atoms with E-state index in [1.165, 1.54) is 27.5 Å². The van der Waals surface area contributed by atoms with E-state index in [2.05, 4.69) is 96.1 Å². The molecule has 0 saturated carbocycles. The fraction of sp³-hybridized carbons (Fsp3) is 0.308. The van der Waals surface area contributed by atoms with Crippen LogP contribution in [0.2, 0.25) is 0 Å². The van der Waals surface area contributed by atoms with E-state index < -0.39 is 0 Å². The summed E-state index contributed by atoms with van der Waals surface area (Å²) in [6.45, 7) is 13.3. The molecule has 0 saturated heterocycles. The first-order chi connectivity index (χ1) is 13.2. The predicted octanol–water partition coefficient (Wildman–Crippen LogP) is 7.18. The molecular weight excluding hydrogens is 340 g/mol. The molecule has 4 rings (SSSR count). The van der Waals surface area contributed by atoms with Gasteiger partial charge < -0.3 is 0 Å². The normalized spacial score (nSPS) is 12.2. The van der Waals surface area contributed by atoms with Crippen LogP contribution < -0.4 is 0 Å². The highest BCUT2D eigenvalue weighted by Crippen LogP contribution is 2.35. The van der Waals surface area contributed by atoms with Crippen LogP contribution in [0.5, 0.6) is 0 Å². The monoisotopic (exact) mass is 368 g/mol. The van der Waals surface area contributed by atoms with Gasteiger partial charge in [-0.15, -0.1) is 0 Å². The average molecular weight is 369 g/mol. The molecule has 0 bridgehead atoms. The largest absolute Gasteiger partial charge is 0.232 e. The molecule has 0 amide bonds. The van der Waals surface area contributed by atoms with Gasteiger partial charge in [-0.3, -0.25) is 0 Å². The van der Waals surface area contributed by atoms with Crippen molar-refractivity contribution in [2.45, 2.75) is 52.9 Å². The lowest BCUT2D eigenvalue weighted by atomic mass is 9.84. The Morgan fingerprint density at radius 3 is 2.29 bits per heavy atom. The Morgan fingerprint density at radius 2 is 1.57 bits per heavy atom. The first kappa shape index (κ1) is 18.6. The third-order valence-corrected chi connectivity index (χ3v) is 5.34. The second-order valence-corrected chi connectivity index (χ2v) is 9.11. The van der Waals surface area contributed by atoms with Crippen molar-refractivity contribution < 1.29 is 0 Å². The van der Waals surface area contributed by atoms with E-state index in [4.69, 9.17) is 9.97 Å². The topological polar surface area (TPSA) is 25.8 Å². The Labute approximate surface area is 167 Å². The van der Waals surface area contributed by atoms with E-state index in [-0.39, 0.29) is 11.3 Å². The second kappa shape index (κ2) is 6.70. The van der Waals surface area contributed by atoms with Crippen LogP contribution in [0.3, 0.4) is 0 Å². The number of rotatable bonds is 2. The Morgan fingerprint density at radius 1 is 0.821 bits per heavy atom. The highest BCUT2D eigenvalue weighted by molar-refractivity contribution is 6.09. The summed E-state index contributed by atoms with van der Waals surface area (Å²) in [7, 11) is 0. The van der Waals surface area contributed by atoms with E-state index in [1.807, 2.05) is 0 Å².